The predicted molar refractivity (Wildman–Crippen MR) is 138 cm³/mol. The lowest BCUT2D eigenvalue weighted by Gasteiger charge is -2.36. The molecule has 0 saturated heterocycles. The van der Waals surface area contributed by atoms with Crippen molar-refractivity contribution in [1.82, 2.24) is 10.6 Å². The van der Waals surface area contributed by atoms with Crippen molar-refractivity contribution >= 4 is 23.3 Å². The second-order valence-corrected chi connectivity index (χ2v) is 12.9. The number of carbonyl (C=O) groups excluding carboxylic acids is 1. The molecular formula is C25H35N2O7PS. The molecule has 0 aliphatic carbocycles. The summed E-state index contributed by atoms with van der Waals surface area (Å²) in [5.74, 6) is -0.527. The summed E-state index contributed by atoms with van der Waals surface area (Å²) in [7, 11) is -6.81. The molecule has 1 aliphatic rings. The Morgan fingerprint density at radius 2 is 1.92 bits per heavy atom. The molecule has 1 aliphatic heterocycles. The summed E-state index contributed by atoms with van der Waals surface area (Å²) in [6.45, 7) is 3.94. The minimum absolute atomic E-state index is 0.0663. The first-order valence-electron chi connectivity index (χ1n) is 12.0. The molecule has 11 heteroatoms. The summed E-state index contributed by atoms with van der Waals surface area (Å²) in [5.41, 5.74) is 1.27. The number of rotatable bonds is 10. The van der Waals surface area contributed by atoms with Crippen molar-refractivity contribution in [2.45, 2.75) is 62.6 Å². The van der Waals surface area contributed by atoms with E-state index in [4.69, 9.17) is 14.5 Å². The number of fused-ring (bicyclic) bond motifs is 1. The normalized spacial score (nSPS) is 21.3. The van der Waals surface area contributed by atoms with E-state index in [1.54, 1.807) is 6.07 Å². The molecule has 2 aromatic rings. The van der Waals surface area contributed by atoms with Crippen LogP contribution in [-0.2, 0) is 25.7 Å². The third kappa shape index (κ3) is 6.75. The fourth-order valence-electron chi connectivity index (χ4n) is 4.69. The molecular weight excluding hydrogens is 503 g/mol. The van der Waals surface area contributed by atoms with Crippen molar-refractivity contribution in [1.29, 1.82) is 0 Å². The van der Waals surface area contributed by atoms with Gasteiger partial charge in [0.05, 0.1) is 23.8 Å². The molecule has 2 atom stereocenters. The Morgan fingerprint density at radius 1 is 1.22 bits per heavy atom. The number of hydrogen-bond donors (Lipinski definition) is 4. The van der Waals surface area contributed by atoms with E-state index < -0.39 is 41.1 Å². The molecule has 2 aromatic carbocycles. The van der Waals surface area contributed by atoms with Crippen LogP contribution in [0.1, 0.15) is 62.3 Å². The van der Waals surface area contributed by atoms with Crippen LogP contribution in [0.4, 0.5) is 0 Å². The van der Waals surface area contributed by atoms with Gasteiger partial charge in [0.2, 0.25) is 5.91 Å². The quantitative estimate of drug-likeness (QED) is 0.338. The molecule has 0 spiro atoms. The highest BCUT2D eigenvalue weighted by Gasteiger charge is 2.42. The smallest absolute Gasteiger partial charge is 0.334 e. The van der Waals surface area contributed by atoms with Gasteiger partial charge in [-0.25, -0.2) is 8.42 Å². The van der Waals surface area contributed by atoms with E-state index in [0.717, 1.165) is 18.4 Å². The first-order chi connectivity index (χ1) is 16.9. The fourth-order valence-corrected chi connectivity index (χ4v) is 7.35. The summed E-state index contributed by atoms with van der Waals surface area (Å²) in [5, 5.41) is 6.15. The number of hydrogen-bond acceptors (Lipinski definition) is 6. The van der Waals surface area contributed by atoms with Gasteiger partial charge in [-0.1, -0.05) is 57.0 Å². The number of nitrogens with one attached hydrogen (secondary N) is 2. The lowest BCUT2D eigenvalue weighted by molar-refractivity contribution is -0.119. The van der Waals surface area contributed by atoms with Crippen molar-refractivity contribution in [3.05, 3.63) is 59.2 Å². The van der Waals surface area contributed by atoms with Crippen LogP contribution in [0.25, 0.3) is 0 Å². The second-order valence-electron chi connectivity index (χ2n) is 9.29. The van der Waals surface area contributed by atoms with Crippen LogP contribution in [-0.4, -0.2) is 48.7 Å². The highest BCUT2D eigenvalue weighted by Crippen LogP contribution is 2.41. The largest absolute Gasteiger partial charge is 0.496 e. The predicted octanol–water partition coefficient (Wildman–Crippen LogP) is 3.29. The summed E-state index contributed by atoms with van der Waals surface area (Å²) < 4.78 is 44.3. The number of unbranched alkanes of at least 4 members (excludes halogenated alkanes) is 1. The van der Waals surface area contributed by atoms with E-state index in [9.17, 15) is 17.8 Å². The van der Waals surface area contributed by atoms with Gasteiger partial charge in [0.1, 0.15) is 11.9 Å². The molecule has 1 amide bonds. The van der Waals surface area contributed by atoms with Gasteiger partial charge in [-0.2, -0.15) is 0 Å². The lowest BCUT2D eigenvalue weighted by atomic mass is 9.88. The minimum Gasteiger partial charge on any atom is -0.496 e. The van der Waals surface area contributed by atoms with Crippen LogP contribution in [0, 0.1) is 0 Å². The average molecular weight is 539 g/mol. The summed E-state index contributed by atoms with van der Waals surface area (Å²) in [6, 6.07) is 12.5. The van der Waals surface area contributed by atoms with Crippen LogP contribution >= 0.6 is 7.60 Å². The molecule has 3 rings (SSSR count). The standard InChI is InChI=1S/C25H35N2O7PS/c1-4-6-12-25(5-2)17-36(32,33)22-13-19(15-26-23(28)16-35(29,30)31)21(34-3)14-20(22)24(27-25)18-10-8-7-9-11-18/h7-11,13-14,24,27H,4-6,12,15-17H2,1-3H3,(H,26,28)(H2,29,30,31)/t24-,25-/m1/s1. The number of amides is 1. The van der Waals surface area contributed by atoms with Gasteiger partial charge in [-0.05, 0) is 36.1 Å². The van der Waals surface area contributed by atoms with E-state index in [2.05, 4.69) is 17.6 Å². The maximum atomic E-state index is 13.8. The number of carbonyl (C=O) groups is 1. The lowest BCUT2D eigenvalue weighted by Crippen LogP contribution is -2.50. The minimum atomic E-state index is -4.52. The molecule has 9 nitrogen and oxygen atoms in total. The molecule has 0 radical (unpaired) electrons. The number of sulfone groups is 1. The Kier molecular flexibility index (Phi) is 9.01. The van der Waals surface area contributed by atoms with E-state index in [-0.39, 0.29) is 17.2 Å². The summed E-state index contributed by atoms with van der Waals surface area (Å²) >= 11 is 0. The SMILES string of the molecule is CCCC[C@]1(CC)CS(=O)(=O)c2cc(CNC(=O)CP(=O)(O)O)c(OC)cc2[C@@H](c2ccccc2)N1. The molecule has 4 N–H and O–H groups in total. The van der Waals surface area contributed by atoms with Crippen LogP contribution in [0.15, 0.2) is 47.4 Å². The molecule has 0 aromatic heterocycles. The van der Waals surface area contributed by atoms with Crippen LogP contribution in [0.5, 0.6) is 5.75 Å². The van der Waals surface area contributed by atoms with Crippen LogP contribution in [0.2, 0.25) is 0 Å². The first-order valence-corrected chi connectivity index (χ1v) is 15.5. The van der Waals surface area contributed by atoms with Gasteiger partial charge >= 0.3 is 7.60 Å². The van der Waals surface area contributed by atoms with Gasteiger partial charge < -0.3 is 19.8 Å². The topological polar surface area (TPSA) is 142 Å². The van der Waals surface area contributed by atoms with Gasteiger partial charge in [0.15, 0.2) is 9.84 Å². The van der Waals surface area contributed by atoms with Crippen molar-refractivity contribution in [2.24, 2.45) is 0 Å². The van der Waals surface area contributed by atoms with Crippen LogP contribution in [0.3, 0.4) is 0 Å². The summed E-state index contributed by atoms with van der Waals surface area (Å²) in [4.78, 5) is 30.3. The maximum absolute atomic E-state index is 13.8. The third-order valence-electron chi connectivity index (χ3n) is 6.62. The van der Waals surface area contributed by atoms with E-state index >= 15 is 0 Å². The Bertz CT molecular complexity index is 1230. The Hall–Kier alpha value is -2.23. The Labute approximate surface area is 212 Å². The molecule has 0 bridgehead atoms. The zero-order valence-electron chi connectivity index (χ0n) is 20.9. The molecule has 0 saturated carbocycles. The van der Waals surface area contributed by atoms with Gasteiger partial charge in [-0.3, -0.25) is 14.7 Å². The Balaban J connectivity index is 2.13. The third-order valence-corrected chi connectivity index (χ3v) is 9.28. The highest BCUT2D eigenvalue weighted by atomic mass is 32.2. The molecule has 0 unspecified atom stereocenters. The highest BCUT2D eigenvalue weighted by molar-refractivity contribution is 7.91. The van der Waals surface area contributed by atoms with Gasteiger partial charge in [0.25, 0.3) is 0 Å². The van der Waals surface area contributed by atoms with Crippen molar-refractivity contribution in [3.63, 3.8) is 0 Å². The summed E-state index contributed by atoms with van der Waals surface area (Å²) in [6.07, 6.45) is 2.22. The molecule has 1 heterocycles. The number of methoxy groups -OCH3 is 1. The Morgan fingerprint density at radius 3 is 2.50 bits per heavy atom. The van der Waals surface area contributed by atoms with Crippen molar-refractivity contribution < 1.29 is 32.3 Å². The van der Waals surface area contributed by atoms with Crippen molar-refractivity contribution in [3.8, 4) is 5.75 Å². The first kappa shape index (κ1) is 28.3. The zero-order chi connectivity index (χ0) is 26.6. The molecule has 198 valence electrons. The van der Waals surface area contributed by atoms with E-state index in [1.807, 2.05) is 37.3 Å². The maximum Gasteiger partial charge on any atom is 0.334 e. The average Bonchev–Trinajstić information content (AvgIpc) is 2.92. The number of benzene rings is 2. The van der Waals surface area contributed by atoms with E-state index in [0.29, 0.717) is 29.7 Å². The zero-order valence-corrected chi connectivity index (χ0v) is 22.6. The van der Waals surface area contributed by atoms with Gasteiger partial charge in [0, 0.05) is 17.6 Å². The van der Waals surface area contributed by atoms with E-state index in [1.165, 1.54) is 13.2 Å². The second kappa shape index (κ2) is 11.4. The van der Waals surface area contributed by atoms with Crippen molar-refractivity contribution in [2.75, 3.05) is 19.0 Å². The molecule has 0 fully saturated rings. The monoisotopic (exact) mass is 538 g/mol. The number of ether oxygens (including phenoxy) is 1. The van der Waals surface area contributed by atoms with Gasteiger partial charge in [-0.15, -0.1) is 0 Å². The molecule has 36 heavy (non-hydrogen) atoms. The fraction of sp³-hybridized carbons (Fsp3) is 0.480. The van der Waals surface area contributed by atoms with Crippen LogP contribution < -0.4 is 15.4 Å².